The second-order valence-corrected chi connectivity index (χ2v) is 4.72. The minimum absolute atomic E-state index is 0.164. The number of hydrogen-bond donors (Lipinski definition) is 2. The van der Waals surface area contributed by atoms with Gasteiger partial charge in [-0.15, -0.1) is 0 Å². The molecule has 1 aromatic rings. The molecule has 0 aliphatic rings. The Labute approximate surface area is 108 Å². The first kappa shape index (κ1) is 14.3. The van der Waals surface area contributed by atoms with Crippen LogP contribution in [0, 0.1) is 0 Å². The molecule has 0 saturated heterocycles. The number of hydrogen-bond acceptors (Lipinski definition) is 4. The van der Waals surface area contributed by atoms with Gasteiger partial charge in [-0.25, -0.2) is 0 Å². The van der Waals surface area contributed by atoms with Crippen molar-refractivity contribution < 1.29 is 4.74 Å². The summed E-state index contributed by atoms with van der Waals surface area (Å²) >= 11 is 5.99. The number of halogens is 1. The van der Waals surface area contributed by atoms with Crippen molar-refractivity contribution in [1.29, 1.82) is 0 Å². The summed E-state index contributed by atoms with van der Waals surface area (Å²) in [5, 5.41) is 0.710. The van der Waals surface area contributed by atoms with E-state index >= 15 is 0 Å². The minimum atomic E-state index is 0.164. The van der Waals surface area contributed by atoms with Crippen LogP contribution in [0.2, 0.25) is 5.02 Å². The molecule has 1 rings (SSSR count). The number of rotatable bonds is 6. The van der Waals surface area contributed by atoms with Gasteiger partial charge in [-0.2, -0.15) is 0 Å². The van der Waals surface area contributed by atoms with Gasteiger partial charge in [0.15, 0.2) is 0 Å². The molecule has 0 amide bonds. The van der Waals surface area contributed by atoms with Gasteiger partial charge in [0.05, 0.1) is 7.11 Å². The van der Waals surface area contributed by atoms with Gasteiger partial charge in [-0.1, -0.05) is 11.6 Å². The molecule has 0 heterocycles. The van der Waals surface area contributed by atoms with Crippen LogP contribution in [0.15, 0.2) is 18.2 Å². The van der Waals surface area contributed by atoms with Crippen molar-refractivity contribution >= 4 is 11.6 Å². The molecule has 0 aromatic heterocycles. The monoisotopic (exact) mass is 257 g/mol. The number of nitrogens with one attached hydrogen (secondary N) is 1. The molecule has 0 spiro atoms. The zero-order valence-corrected chi connectivity index (χ0v) is 11.3. The van der Waals surface area contributed by atoms with Crippen LogP contribution in [-0.4, -0.2) is 38.7 Å². The molecule has 96 valence electrons. The summed E-state index contributed by atoms with van der Waals surface area (Å²) in [6.45, 7) is 0.853. The quantitative estimate of drug-likeness (QED) is 0.596. The Morgan fingerprint density at radius 1 is 1.47 bits per heavy atom. The van der Waals surface area contributed by atoms with Crippen LogP contribution in [0.5, 0.6) is 5.75 Å². The van der Waals surface area contributed by atoms with Crippen molar-refractivity contribution in [3.63, 3.8) is 0 Å². The van der Waals surface area contributed by atoms with Gasteiger partial charge in [0, 0.05) is 17.6 Å². The molecule has 4 nitrogen and oxygen atoms in total. The van der Waals surface area contributed by atoms with Crippen molar-refractivity contribution in [1.82, 2.24) is 10.3 Å². The Balaban J connectivity index is 2.80. The number of methoxy groups -OCH3 is 1. The number of ether oxygens (including phenoxy) is 1. The highest BCUT2D eigenvalue weighted by Crippen LogP contribution is 2.23. The molecule has 0 bridgehead atoms. The van der Waals surface area contributed by atoms with Crippen molar-refractivity contribution in [2.45, 2.75) is 12.5 Å². The van der Waals surface area contributed by atoms with E-state index in [0.29, 0.717) is 5.02 Å². The normalized spacial score (nSPS) is 12.8. The smallest absolute Gasteiger partial charge is 0.122 e. The Kier molecular flexibility index (Phi) is 5.71. The summed E-state index contributed by atoms with van der Waals surface area (Å²) < 4.78 is 5.31. The average Bonchev–Trinajstić information content (AvgIpc) is 2.28. The summed E-state index contributed by atoms with van der Waals surface area (Å²) in [6.07, 6.45) is 0.776. The standard InChI is InChI=1S/C12H20ClN3O/c1-16(2)8-11(15-14)7-9-6-10(13)4-5-12(9)17-3/h4-6,11,15H,7-8,14H2,1-3H3. The van der Waals surface area contributed by atoms with Gasteiger partial charge in [0.2, 0.25) is 0 Å². The second-order valence-electron chi connectivity index (χ2n) is 4.29. The number of benzene rings is 1. The lowest BCUT2D eigenvalue weighted by Gasteiger charge is -2.21. The molecule has 1 unspecified atom stereocenters. The second kappa shape index (κ2) is 6.81. The topological polar surface area (TPSA) is 50.5 Å². The van der Waals surface area contributed by atoms with Gasteiger partial charge in [0.1, 0.15) is 5.75 Å². The van der Waals surface area contributed by atoms with Crippen molar-refractivity contribution in [3.8, 4) is 5.75 Å². The van der Waals surface area contributed by atoms with Crippen LogP contribution >= 0.6 is 11.6 Å². The Morgan fingerprint density at radius 3 is 2.71 bits per heavy atom. The van der Waals surface area contributed by atoms with Crippen LogP contribution in [0.4, 0.5) is 0 Å². The molecule has 3 N–H and O–H groups in total. The fraction of sp³-hybridized carbons (Fsp3) is 0.500. The van der Waals surface area contributed by atoms with E-state index in [1.54, 1.807) is 7.11 Å². The zero-order chi connectivity index (χ0) is 12.8. The Hall–Kier alpha value is -0.810. The molecule has 17 heavy (non-hydrogen) atoms. The molecule has 0 aliphatic carbocycles. The Morgan fingerprint density at radius 2 is 2.18 bits per heavy atom. The van der Waals surface area contributed by atoms with Crippen LogP contribution in [-0.2, 0) is 6.42 Å². The summed E-state index contributed by atoms with van der Waals surface area (Å²) in [7, 11) is 5.68. The highest BCUT2D eigenvalue weighted by atomic mass is 35.5. The van der Waals surface area contributed by atoms with Gasteiger partial charge in [-0.05, 0) is 44.3 Å². The van der Waals surface area contributed by atoms with Gasteiger partial charge < -0.3 is 9.64 Å². The van der Waals surface area contributed by atoms with Crippen molar-refractivity contribution in [3.05, 3.63) is 28.8 Å². The maximum atomic E-state index is 5.99. The predicted molar refractivity (Wildman–Crippen MR) is 71.4 cm³/mol. The van der Waals surface area contributed by atoms with E-state index in [1.807, 2.05) is 32.3 Å². The first-order valence-electron chi connectivity index (χ1n) is 5.50. The number of nitrogens with two attached hydrogens (primary N) is 1. The number of hydrazine groups is 1. The Bertz CT molecular complexity index is 358. The van der Waals surface area contributed by atoms with Gasteiger partial charge in [0.25, 0.3) is 0 Å². The van der Waals surface area contributed by atoms with Crippen molar-refractivity contribution in [2.75, 3.05) is 27.7 Å². The third kappa shape index (κ3) is 4.52. The molecule has 0 radical (unpaired) electrons. The zero-order valence-electron chi connectivity index (χ0n) is 10.5. The summed E-state index contributed by atoms with van der Waals surface area (Å²) in [4.78, 5) is 2.08. The lowest BCUT2D eigenvalue weighted by atomic mass is 10.0. The molecule has 0 fully saturated rings. The van der Waals surface area contributed by atoms with Gasteiger partial charge >= 0.3 is 0 Å². The average molecular weight is 258 g/mol. The lowest BCUT2D eigenvalue weighted by molar-refractivity contribution is 0.334. The third-order valence-electron chi connectivity index (χ3n) is 2.53. The maximum Gasteiger partial charge on any atom is 0.122 e. The number of nitrogens with zero attached hydrogens (tertiary/aromatic N) is 1. The van der Waals surface area contributed by atoms with E-state index in [1.165, 1.54) is 0 Å². The molecule has 0 saturated carbocycles. The van der Waals surface area contributed by atoms with Crippen LogP contribution in [0.25, 0.3) is 0 Å². The van der Waals surface area contributed by atoms with E-state index in [-0.39, 0.29) is 6.04 Å². The van der Waals surface area contributed by atoms with Crippen LogP contribution in [0.3, 0.4) is 0 Å². The van der Waals surface area contributed by atoms with Crippen LogP contribution in [0.1, 0.15) is 5.56 Å². The molecular formula is C12H20ClN3O. The molecule has 1 aromatic carbocycles. The first-order chi connectivity index (χ1) is 8.06. The first-order valence-corrected chi connectivity index (χ1v) is 5.88. The fourth-order valence-electron chi connectivity index (χ4n) is 1.79. The number of likely N-dealkylation sites (N-methyl/N-ethyl adjacent to an activating group) is 1. The maximum absolute atomic E-state index is 5.99. The minimum Gasteiger partial charge on any atom is -0.496 e. The summed E-state index contributed by atoms with van der Waals surface area (Å²) in [5.41, 5.74) is 3.87. The largest absolute Gasteiger partial charge is 0.496 e. The molecule has 0 aliphatic heterocycles. The molecular weight excluding hydrogens is 238 g/mol. The molecule has 5 heteroatoms. The third-order valence-corrected chi connectivity index (χ3v) is 2.77. The SMILES string of the molecule is COc1ccc(Cl)cc1CC(CN(C)C)NN. The van der Waals surface area contributed by atoms with E-state index in [9.17, 15) is 0 Å². The van der Waals surface area contributed by atoms with E-state index in [4.69, 9.17) is 22.2 Å². The van der Waals surface area contributed by atoms with E-state index in [2.05, 4.69) is 10.3 Å². The lowest BCUT2D eigenvalue weighted by Crippen LogP contribution is -2.43. The van der Waals surface area contributed by atoms with Crippen LogP contribution < -0.4 is 16.0 Å². The summed E-state index contributed by atoms with van der Waals surface area (Å²) in [6, 6.07) is 5.78. The fourth-order valence-corrected chi connectivity index (χ4v) is 1.98. The van der Waals surface area contributed by atoms with E-state index < -0.39 is 0 Å². The molecule has 1 atom stereocenters. The van der Waals surface area contributed by atoms with Gasteiger partial charge in [-0.3, -0.25) is 11.3 Å². The summed E-state index contributed by atoms with van der Waals surface area (Å²) in [5.74, 6) is 6.39. The van der Waals surface area contributed by atoms with Crippen molar-refractivity contribution in [2.24, 2.45) is 5.84 Å². The van der Waals surface area contributed by atoms with E-state index in [0.717, 1.165) is 24.3 Å². The highest BCUT2D eigenvalue weighted by Gasteiger charge is 2.12. The highest BCUT2D eigenvalue weighted by molar-refractivity contribution is 6.30. The predicted octanol–water partition coefficient (Wildman–Crippen LogP) is 1.28.